The first-order valence-corrected chi connectivity index (χ1v) is 16.7. The Balaban J connectivity index is 0.993. The predicted molar refractivity (Wildman–Crippen MR) is 192 cm³/mol. The van der Waals surface area contributed by atoms with Crippen molar-refractivity contribution in [3.8, 4) is 79.0 Å². The Labute approximate surface area is 278 Å². The van der Waals surface area contributed by atoms with Crippen LogP contribution in [0.4, 0.5) is 0 Å². The zero-order chi connectivity index (χ0) is 31.1. The quantitative estimate of drug-likeness (QED) is 0.183. The average molecular weight is 612 g/mol. The van der Waals surface area contributed by atoms with Crippen molar-refractivity contribution in [1.29, 1.82) is 0 Å². The topological polar surface area (TPSA) is 27.7 Å². The highest BCUT2D eigenvalue weighted by molar-refractivity contribution is 6.99. The summed E-state index contributed by atoms with van der Waals surface area (Å²) in [6.45, 7) is 0.0188. The minimum Gasteiger partial charge on any atom is -0.458 e. The third-order valence-electron chi connectivity index (χ3n) is 11.1. The van der Waals surface area contributed by atoms with E-state index in [1.807, 2.05) is 24.3 Å². The van der Waals surface area contributed by atoms with Gasteiger partial charge < -0.3 is 14.2 Å². The Bertz CT molecular complexity index is 2540. The fourth-order valence-corrected chi connectivity index (χ4v) is 9.04. The van der Waals surface area contributed by atoms with Gasteiger partial charge in [-0.2, -0.15) is 0 Å². The van der Waals surface area contributed by atoms with E-state index in [4.69, 9.17) is 14.2 Å². The van der Waals surface area contributed by atoms with Crippen LogP contribution < -0.4 is 30.6 Å². The van der Waals surface area contributed by atoms with Gasteiger partial charge in [-0.15, -0.1) is 0 Å². The maximum Gasteiger partial charge on any atom is 0.270 e. The molecule has 0 bridgehead atoms. The van der Waals surface area contributed by atoms with E-state index in [1.165, 1.54) is 61.2 Å². The summed E-state index contributed by atoms with van der Waals surface area (Å²) < 4.78 is 19.7. The van der Waals surface area contributed by atoms with Crippen LogP contribution >= 0.6 is 0 Å². The zero-order valence-electron chi connectivity index (χ0n) is 25.8. The molecule has 0 spiro atoms. The van der Waals surface area contributed by atoms with Crippen molar-refractivity contribution in [3.05, 3.63) is 150 Å². The van der Waals surface area contributed by atoms with Crippen molar-refractivity contribution in [2.45, 2.75) is 12.8 Å². The number of hydrogen-bond donors (Lipinski definition) is 0. The van der Waals surface area contributed by atoms with Crippen LogP contribution in [0.1, 0.15) is 22.3 Å². The number of rotatable bonds is 2. The largest absolute Gasteiger partial charge is 0.458 e. The second-order valence-corrected chi connectivity index (χ2v) is 13.5. The molecule has 0 unspecified atom stereocenters. The number of benzene rings is 7. The first-order valence-electron chi connectivity index (χ1n) is 16.7. The van der Waals surface area contributed by atoms with Crippen LogP contribution in [0.15, 0.2) is 127 Å². The molecular weight excluding hydrogens is 587 g/mol. The fourth-order valence-electron chi connectivity index (χ4n) is 9.04. The van der Waals surface area contributed by atoms with E-state index in [9.17, 15) is 0 Å². The van der Waals surface area contributed by atoms with E-state index < -0.39 is 0 Å². The third kappa shape index (κ3) is 3.20. The van der Waals surface area contributed by atoms with Crippen molar-refractivity contribution in [1.82, 2.24) is 0 Å². The Morgan fingerprint density at radius 1 is 0.354 bits per heavy atom. The fraction of sp³-hybridized carbons (Fsp3) is 0.0455. The predicted octanol–water partition coefficient (Wildman–Crippen LogP) is 9.00. The van der Waals surface area contributed by atoms with Gasteiger partial charge in [0.15, 0.2) is 0 Å². The van der Waals surface area contributed by atoms with E-state index in [0.717, 1.165) is 69.3 Å². The summed E-state index contributed by atoms with van der Waals surface area (Å²) >= 11 is 0. The van der Waals surface area contributed by atoms with Gasteiger partial charge in [0.25, 0.3) is 6.71 Å². The molecule has 7 aromatic rings. The highest BCUT2D eigenvalue weighted by Crippen LogP contribution is 2.49. The van der Waals surface area contributed by atoms with Gasteiger partial charge in [-0.25, -0.2) is 0 Å². The van der Waals surface area contributed by atoms with Gasteiger partial charge in [0.2, 0.25) is 0 Å². The van der Waals surface area contributed by atoms with Crippen molar-refractivity contribution in [3.63, 3.8) is 0 Å². The van der Waals surface area contributed by atoms with Crippen molar-refractivity contribution >= 4 is 23.1 Å². The zero-order valence-corrected chi connectivity index (χ0v) is 25.8. The lowest BCUT2D eigenvalue weighted by Gasteiger charge is -2.37. The molecule has 2 aliphatic carbocycles. The normalized spacial score (nSPS) is 14.1. The van der Waals surface area contributed by atoms with Crippen molar-refractivity contribution in [2.75, 3.05) is 0 Å². The van der Waals surface area contributed by atoms with Crippen LogP contribution in [0.25, 0.3) is 44.5 Å². The first-order chi connectivity index (χ1) is 23.8. The molecule has 0 amide bonds. The molecule has 7 aromatic carbocycles. The average Bonchev–Trinajstić information content (AvgIpc) is 3.70. The third-order valence-corrected chi connectivity index (χ3v) is 11.1. The molecule has 0 radical (unpaired) electrons. The molecule has 5 aliphatic rings. The lowest BCUT2D eigenvalue weighted by Crippen LogP contribution is -2.59. The van der Waals surface area contributed by atoms with Gasteiger partial charge in [0.1, 0.15) is 34.5 Å². The maximum atomic E-state index is 6.67. The number of fused-ring (bicyclic) bond motifs is 6. The highest BCUT2D eigenvalue weighted by atomic mass is 16.5. The molecule has 0 saturated heterocycles. The smallest absolute Gasteiger partial charge is 0.270 e. The van der Waals surface area contributed by atoms with Crippen molar-refractivity contribution < 1.29 is 14.2 Å². The SMILES string of the molecule is c1ccc2c(c1)Cc1ccc(-c3cccc4c3Cc3c(-c5cc6c7c(c5)Oc5cccc8c5B7c5c(cccc5O6)O8)cccc3-4)cc1-2. The van der Waals surface area contributed by atoms with Crippen LogP contribution in [0.2, 0.25) is 0 Å². The molecule has 4 heteroatoms. The van der Waals surface area contributed by atoms with Crippen LogP contribution in [-0.2, 0) is 12.8 Å². The molecule has 0 N–H and O–H groups in total. The summed E-state index contributed by atoms with van der Waals surface area (Å²) in [6.07, 6.45) is 1.88. The van der Waals surface area contributed by atoms with Gasteiger partial charge >= 0.3 is 0 Å². The molecule has 0 aromatic heterocycles. The summed E-state index contributed by atoms with van der Waals surface area (Å²) in [5.74, 6) is 5.11. The standard InChI is InChI=1S/C44H25BO3/c1-2-8-28-24(7-1)19-25-17-18-26(20-33(25)28)29-9-3-11-31-32-12-4-10-30(35(32)23-34(29)31)27-21-40-44-41(22-27)48-39-16-6-14-37-43(39)45(44)42-36(46-37)13-5-15-38(42)47-40/h1-18,20-22H,19,23H2. The second-order valence-electron chi connectivity index (χ2n) is 13.5. The summed E-state index contributed by atoms with van der Waals surface area (Å²) in [7, 11) is 0. The monoisotopic (exact) mass is 612 g/mol. The molecular formula is C44H25BO3. The minimum atomic E-state index is 0.0188. The lowest BCUT2D eigenvalue weighted by atomic mass is 9.34. The minimum absolute atomic E-state index is 0.0188. The summed E-state index contributed by atoms with van der Waals surface area (Å²) in [6, 6.07) is 46.0. The van der Waals surface area contributed by atoms with Gasteiger partial charge in [-0.3, -0.25) is 0 Å². The van der Waals surface area contributed by atoms with Gasteiger partial charge in [-0.1, -0.05) is 84.9 Å². The number of ether oxygens (including phenoxy) is 3. The van der Waals surface area contributed by atoms with Gasteiger partial charge in [0.05, 0.1) is 0 Å². The van der Waals surface area contributed by atoms with E-state index in [0.29, 0.717) is 0 Å². The molecule has 3 nitrogen and oxygen atoms in total. The van der Waals surface area contributed by atoms with Crippen LogP contribution in [0, 0.1) is 0 Å². The molecule has 3 aliphatic heterocycles. The van der Waals surface area contributed by atoms with Gasteiger partial charge in [-0.05, 0) is 122 Å². The molecule has 222 valence electrons. The van der Waals surface area contributed by atoms with Crippen molar-refractivity contribution in [2.24, 2.45) is 0 Å². The summed E-state index contributed by atoms with van der Waals surface area (Å²) in [5.41, 5.74) is 19.1. The van der Waals surface area contributed by atoms with Gasteiger partial charge in [0, 0.05) is 16.4 Å². The molecule has 3 heterocycles. The Morgan fingerprint density at radius 2 is 0.854 bits per heavy atom. The molecule has 12 rings (SSSR count). The van der Waals surface area contributed by atoms with E-state index in [1.54, 1.807) is 0 Å². The Morgan fingerprint density at radius 3 is 1.52 bits per heavy atom. The Hall–Kier alpha value is -6.00. The maximum absolute atomic E-state index is 6.67. The molecule has 0 saturated carbocycles. The highest BCUT2D eigenvalue weighted by Gasteiger charge is 2.46. The first kappa shape index (κ1) is 25.1. The molecule has 0 fully saturated rings. The van der Waals surface area contributed by atoms with Crippen LogP contribution in [0.5, 0.6) is 34.5 Å². The molecule has 48 heavy (non-hydrogen) atoms. The van der Waals surface area contributed by atoms with E-state index in [2.05, 4.69) is 103 Å². The lowest BCUT2D eigenvalue weighted by molar-refractivity contribution is 0.443. The second kappa shape index (κ2) is 8.87. The van der Waals surface area contributed by atoms with Crippen LogP contribution in [0.3, 0.4) is 0 Å². The summed E-state index contributed by atoms with van der Waals surface area (Å²) in [4.78, 5) is 0. The Kier molecular flexibility index (Phi) is 4.65. The number of hydrogen-bond acceptors (Lipinski definition) is 3. The van der Waals surface area contributed by atoms with E-state index >= 15 is 0 Å². The van der Waals surface area contributed by atoms with E-state index in [-0.39, 0.29) is 6.71 Å². The van der Waals surface area contributed by atoms with Crippen LogP contribution in [-0.4, -0.2) is 6.71 Å². The summed E-state index contributed by atoms with van der Waals surface area (Å²) in [5, 5.41) is 0. The molecule has 0 atom stereocenters.